The van der Waals surface area contributed by atoms with Crippen LogP contribution in [0, 0.1) is 34.5 Å². The molecule has 0 spiro atoms. The number of hydrogen-bond donors (Lipinski definition) is 2. The molecule has 0 heterocycles. The molecule has 0 bridgehead atoms. The molecule has 4 rings (SSSR count). The molecule has 21 heavy (non-hydrogen) atoms. The van der Waals surface area contributed by atoms with Gasteiger partial charge in [0, 0.05) is 6.42 Å². The summed E-state index contributed by atoms with van der Waals surface area (Å²) in [5, 5.41) is 20.4. The van der Waals surface area contributed by atoms with Crippen molar-refractivity contribution >= 4 is 0 Å². The maximum atomic E-state index is 10.5. The van der Waals surface area contributed by atoms with Gasteiger partial charge in [-0.1, -0.05) is 13.8 Å². The number of aliphatic hydroxyl groups is 2. The maximum Gasteiger partial charge on any atom is 0.0886 e. The van der Waals surface area contributed by atoms with E-state index >= 15 is 0 Å². The Morgan fingerprint density at radius 1 is 1.00 bits per heavy atom. The van der Waals surface area contributed by atoms with E-state index in [1.807, 2.05) is 0 Å². The lowest BCUT2D eigenvalue weighted by Gasteiger charge is -2.59. The van der Waals surface area contributed by atoms with Crippen LogP contribution in [0.3, 0.4) is 0 Å². The van der Waals surface area contributed by atoms with Crippen molar-refractivity contribution in [3.8, 4) is 0 Å². The quantitative estimate of drug-likeness (QED) is 0.692. The zero-order valence-corrected chi connectivity index (χ0v) is 13.5. The smallest absolute Gasteiger partial charge is 0.0886 e. The van der Waals surface area contributed by atoms with Gasteiger partial charge in [0.25, 0.3) is 0 Å². The van der Waals surface area contributed by atoms with Crippen LogP contribution in [-0.2, 0) is 0 Å². The van der Waals surface area contributed by atoms with Crippen LogP contribution in [0.25, 0.3) is 0 Å². The lowest BCUT2D eigenvalue weighted by atomic mass is 9.46. The third kappa shape index (κ3) is 1.81. The summed E-state index contributed by atoms with van der Waals surface area (Å²) in [6.07, 6.45) is 11.4. The Bertz CT molecular complexity index is 470. The van der Waals surface area contributed by atoms with Crippen molar-refractivity contribution in [3.05, 3.63) is 11.8 Å². The van der Waals surface area contributed by atoms with Crippen molar-refractivity contribution in [3.63, 3.8) is 0 Å². The SMILES string of the molecule is C[C@]12CC=C(O)C[C@@H]1CC[C@@H]1[C@@H]2CC[C@]2(C)[C@@H](O)CC[C@@H]12. The van der Waals surface area contributed by atoms with Gasteiger partial charge in [0.05, 0.1) is 11.9 Å². The molecular weight excluding hydrogens is 260 g/mol. The molecule has 4 aliphatic carbocycles. The Kier molecular flexibility index (Phi) is 3.03. The third-order valence-electron chi connectivity index (χ3n) is 8.25. The van der Waals surface area contributed by atoms with E-state index in [2.05, 4.69) is 19.9 Å². The first kappa shape index (κ1) is 14.1. The molecule has 118 valence electrons. The van der Waals surface area contributed by atoms with E-state index in [1.165, 1.54) is 32.1 Å². The summed E-state index contributed by atoms with van der Waals surface area (Å²) in [7, 11) is 0. The van der Waals surface area contributed by atoms with Crippen LogP contribution in [0.5, 0.6) is 0 Å². The van der Waals surface area contributed by atoms with Crippen molar-refractivity contribution in [1.82, 2.24) is 0 Å². The lowest BCUT2D eigenvalue weighted by molar-refractivity contribution is -0.111. The number of allylic oxidation sites excluding steroid dienone is 2. The van der Waals surface area contributed by atoms with E-state index in [0.29, 0.717) is 17.1 Å². The van der Waals surface area contributed by atoms with E-state index in [1.54, 1.807) is 0 Å². The average Bonchev–Trinajstić information content (AvgIpc) is 2.76. The highest BCUT2D eigenvalue weighted by atomic mass is 16.3. The van der Waals surface area contributed by atoms with Crippen LogP contribution in [0.15, 0.2) is 11.8 Å². The molecule has 0 aromatic carbocycles. The Labute approximate surface area is 128 Å². The van der Waals surface area contributed by atoms with Crippen molar-refractivity contribution in [2.75, 3.05) is 0 Å². The summed E-state index contributed by atoms with van der Waals surface area (Å²) >= 11 is 0. The molecule has 3 fully saturated rings. The Hall–Kier alpha value is -0.500. The fourth-order valence-electron chi connectivity index (χ4n) is 6.83. The van der Waals surface area contributed by atoms with E-state index in [4.69, 9.17) is 0 Å². The summed E-state index contributed by atoms with van der Waals surface area (Å²) < 4.78 is 0. The van der Waals surface area contributed by atoms with Gasteiger partial charge in [-0.3, -0.25) is 0 Å². The highest BCUT2D eigenvalue weighted by molar-refractivity contribution is 5.14. The molecule has 2 heteroatoms. The van der Waals surface area contributed by atoms with Crippen LogP contribution >= 0.6 is 0 Å². The van der Waals surface area contributed by atoms with Crippen LogP contribution in [0.1, 0.15) is 65.2 Å². The second-order valence-electron chi connectivity index (χ2n) is 8.90. The minimum atomic E-state index is -0.0655. The van der Waals surface area contributed by atoms with Gasteiger partial charge in [-0.15, -0.1) is 0 Å². The predicted molar refractivity (Wildman–Crippen MR) is 83.8 cm³/mol. The molecule has 0 radical (unpaired) electrons. The molecular formula is C19H30O2. The topological polar surface area (TPSA) is 40.5 Å². The molecule has 0 aromatic heterocycles. The van der Waals surface area contributed by atoms with Crippen molar-refractivity contribution in [2.24, 2.45) is 34.5 Å². The summed E-state index contributed by atoms with van der Waals surface area (Å²) in [4.78, 5) is 0. The van der Waals surface area contributed by atoms with Crippen molar-refractivity contribution < 1.29 is 10.2 Å². The minimum Gasteiger partial charge on any atom is -0.513 e. The molecule has 0 saturated heterocycles. The first-order chi connectivity index (χ1) is 9.95. The maximum absolute atomic E-state index is 10.5. The minimum absolute atomic E-state index is 0.0655. The molecule has 2 nitrogen and oxygen atoms in total. The zero-order valence-electron chi connectivity index (χ0n) is 13.5. The molecule has 0 unspecified atom stereocenters. The van der Waals surface area contributed by atoms with Gasteiger partial charge < -0.3 is 10.2 Å². The van der Waals surface area contributed by atoms with Crippen LogP contribution in [0.4, 0.5) is 0 Å². The fourth-order valence-corrected chi connectivity index (χ4v) is 6.83. The number of aliphatic hydroxyl groups excluding tert-OH is 2. The highest BCUT2D eigenvalue weighted by Crippen LogP contribution is 2.65. The Morgan fingerprint density at radius 3 is 2.57 bits per heavy atom. The van der Waals surface area contributed by atoms with E-state index in [9.17, 15) is 10.2 Å². The van der Waals surface area contributed by atoms with Gasteiger partial charge in [0.2, 0.25) is 0 Å². The Balaban J connectivity index is 1.65. The summed E-state index contributed by atoms with van der Waals surface area (Å²) in [5.74, 6) is 3.68. The number of hydrogen-bond acceptors (Lipinski definition) is 2. The predicted octanol–water partition coefficient (Wildman–Crippen LogP) is 4.44. The van der Waals surface area contributed by atoms with Crippen LogP contribution in [-0.4, -0.2) is 16.3 Å². The number of rotatable bonds is 0. The number of fused-ring (bicyclic) bond motifs is 5. The largest absolute Gasteiger partial charge is 0.513 e. The monoisotopic (exact) mass is 290 g/mol. The second-order valence-corrected chi connectivity index (χ2v) is 8.90. The van der Waals surface area contributed by atoms with Gasteiger partial charge in [-0.05, 0) is 85.5 Å². The van der Waals surface area contributed by atoms with Crippen molar-refractivity contribution in [1.29, 1.82) is 0 Å². The molecule has 7 atom stereocenters. The van der Waals surface area contributed by atoms with E-state index in [-0.39, 0.29) is 11.5 Å². The second kappa shape index (κ2) is 4.50. The zero-order chi connectivity index (χ0) is 14.8. The summed E-state index contributed by atoms with van der Waals surface area (Å²) in [5.41, 5.74) is 0.584. The van der Waals surface area contributed by atoms with Crippen LogP contribution < -0.4 is 0 Å². The Morgan fingerprint density at radius 2 is 1.76 bits per heavy atom. The molecule has 4 aliphatic rings. The van der Waals surface area contributed by atoms with Gasteiger partial charge in [-0.25, -0.2) is 0 Å². The van der Waals surface area contributed by atoms with Gasteiger partial charge in [0.15, 0.2) is 0 Å². The molecule has 0 aromatic rings. The molecule has 0 amide bonds. The normalized spacial score (nSPS) is 56.1. The van der Waals surface area contributed by atoms with Gasteiger partial charge in [-0.2, -0.15) is 0 Å². The van der Waals surface area contributed by atoms with E-state index < -0.39 is 0 Å². The van der Waals surface area contributed by atoms with Gasteiger partial charge in [0.1, 0.15) is 0 Å². The highest BCUT2D eigenvalue weighted by Gasteiger charge is 2.59. The van der Waals surface area contributed by atoms with E-state index in [0.717, 1.165) is 37.0 Å². The lowest BCUT2D eigenvalue weighted by Crippen LogP contribution is -2.53. The standard InChI is InChI=1S/C19H30O2/c1-18-9-7-13(20)11-12(18)3-4-14-15-5-6-17(21)19(15,2)10-8-16(14)18/h7,12,14-17,20-21H,3-6,8-11H2,1-2H3/t12-,14-,15-,16-,17-,18-,19-/m0/s1. The van der Waals surface area contributed by atoms with Crippen LogP contribution in [0.2, 0.25) is 0 Å². The molecule has 2 N–H and O–H groups in total. The molecule has 0 aliphatic heterocycles. The average molecular weight is 290 g/mol. The fraction of sp³-hybridized carbons (Fsp3) is 0.895. The third-order valence-corrected chi connectivity index (χ3v) is 8.25. The molecule has 3 saturated carbocycles. The van der Waals surface area contributed by atoms with Gasteiger partial charge >= 0.3 is 0 Å². The first-order valence-corrected chi connectivity index (χ1v) is 9.01. The summed E-state index contributed by atoms with van der Waals surface area (Å²) in [6, 6.07) is 0. The first-order valence-electron chi connectivity index (χ1n) is 9.01. The van der Waals surface area contributed by atoms with Crippen molar-refractivity contribution in [2.45, 2.75) is 71.3 Å². The summed E-state index contributed by atoms with van der Waals surface area (Å²) in [6.45, 7) is 4.85.